The standard InChI is InChI=1S/C21H25N5O4/c1-14(27)25-9-11-26(12-10-25)17-4-2-3-16(13-17)15-5-7-18(8-6-15)30-20(22)19(24-23)21(28)29/h2-8,13,24H,9-12,22-23H2,1H3,(H,28,29)/b20-19+. The molecule has 1 amide bonds. The molecular weight excluding hydrogens is 386 g/mol. The van der Waals surface area contributed by atoms with Crippen molar-refractivity contribution in [3.05, 3.63) is 60.1 Å². The van der Waals surface area contributed by atoms with Gasteiger partial charge in [0.2, 0.25) is 11.8 Å². The third-order valence-corrected chi connectivity index (χ3v) is 4.96. The van der Waals surface area contributed by atoms with Gasteiger partial charge in [-0.05, 0) is 35.4 Å². The van der Waals surface area contributed by atoms with Gasteiger partial charge in [0, 0.05) is 38.8 Å². The number of rotatable bonds is 6. The molecule has 9 nitrogen and oxygen atoms in total. The van der Waals surface area contributed by atoms with E-state index in [2.05, 4.69) is 17.0 Å². The monoisotopic (exact) mass is 411 g/mol. The van der Waals surface area contributed by atoms with Gasteiger partial charge in [-0.25, -0.2) is 4.79 Å². The average Bonchev–Trinajstić information content (AvgIpc) is 2.74. The van der Waals surface area contributed by atoms with E-state index in [-0.39, 0.29) is 11.8 Å². The predicted octanol–water partition coefficient (Wildman–Crippen LogP) is 1.08. The Morgan fingerprint density at radius 2 is 1.70 bits per heavy atom. The minimum atomic E-state index is -1.31. The second-order valence-corrected chi connectivity index (χ2v) is 6.86. The first-order valence-corrected chi connectivity index (χ1v) is 9.47. The van der Waals surface area contributed by atoms with Crippen LogP contribution in [-0.4, -0.2) is 48.1 Å². The highest BCUT2D eigenvalue weighted by Gasteiger charge is 2.19. The zero-order valence-electron chi connectivity index (χ0n) is 16.7. The fourth-order valence-electron chi connectivity index (χ4n) is 3.29. The van der Waals surface area contributed by atoms with E-state index in [0.29, 0.717) is 5.75 Å². The number of carbonyl (C=O) groups excluding carboxylic acids is 1. The number of piperazine rings is 1. The number of aliphatic carboxylic acids is 1. The third-order valence-electron chi connectivity index (χ3n) is 4.96. The van der Waals surface area contributed by atoms with Gasteiger partial charge in [0.15, 0.2) is 5.70 Å². The summed E-state index contributed by atoms with van der Waals surface area (Å²) in [5.74, 6) is 4.01. The second kappa shape index (κ2) is 9.19. The number of ether oxygens (including phenoxy) is 1. The first-order valence-electron chi connectivity index (χ1n) is 9.47. The van der Waals surface area contributed by atoms with Gasteiger partial charge >= 0.3 is 5.97 Å². The molecule has 0 saturated carbocycles. The van der Waals surface area contributed by atoms with Gasteiger partial charge in [-0.2, -0.15) is 0 Å². The zero-order chi connectivity index (χ0) is 21.7. The van der Waals surface area contributed by atoms with Crippen molar-refractivity contribution in [2.45, 2.75) is 6.92 Å². The summed E-state index contributed by atoms with van der Waals surface area (Å²) in [6, 6.07) is 15.3. The number of hydrogen-bond acceptors (Lipinski definition) is 7. The van der Waals surface area contributed by atoms with Gasteiger partial charge in [-0.15, -0.1) is 0 Å². The smallest absolute Gasteiger partial charge is 0.358 e. The van der Waals surface area contributed by atoms with Crippen LogP contribution in [0.2, 0.25) is 0 Å². The summed E-state index contributed by atoms with van der Waals surface area (Å²) >= 11 is 0. The van der Waals surface area contributed by atoms with Crippen LogP contribution >= 0.6 is 0 Å². The molecule has 3 rings (SSSR count). The Balaban J connectivity index is 1.72. The zero-order valence-corrected chi connectivity index (χ0v) is 16.7. The van der Waals surface area contributed by atoms with E-state index in [9.17, 15) is 9.59 Å². The number of nitrogens with two attached hydrogens (primary N) is 2. The Bertz CT molecular complexity index is 950. The van der Waals surface area contributed by atoms with Gasteiger partial charge < -0.3 is 30.8 Å². The molecule has 30 heavy (non-hydrogen) atoms. The first kappa shape index (κ1) is 21.0. The van der Waals surface area contributed by atoms with E-state index >= 15 is 0 Å². The molecule has 0 aromatic heterocycles. The van der Waals surface area contributed by atoms with Gasteiger partial charge in [-0.1, -0.05) is 24.3 Å². The quantitative estimate of drug-likeness (QED) is 0.240. The molecule has 1 aliphatic heterocycles. The molecule has 0 atom stereocenters. The van der Waals surface area contributed by atoms with E-state index in [1.54, 1.807) is 19.1 Å². The Hall–Kier alpha value is -3.72. The highest BCUT2D eigenvalue weighted by molar-refractivity contribution is 5.86. The van der Waals surface area contributed by atoms with E-state index in [0.717, 1.165) is 43.0 Å². The van der Waals surface area contributed by atoms with Crippen LogP contribution in [0.1, 0.15) is 6.92 Å². The van der Waals surface area contributed by atoms with E-state index < -0.39 is 11.7 Å². The Morgan fingerprint density at radius 3 is 2.27 bits per heavy atom. The Morgan fingerprint density at radius 1 is 1.03 bits per heavy atom. The molecule has 1 heterocycles. The number of carbonyl (C=O) groups is 2. The molecule has 1 aliphatic rings. The normalized spacial score (nSPS) is 14.7. The summed E-state index contributed by atoms with van der Waals surface area (Å²) in [7, 11) is 0. The fourth-order valence-corrected chi connectivity index (χ4v) is 3.29. The maximum Gasteiger partial charge on any atom is 0.358 e. The lowest BCUT2D eigenvalue weighted by Crippen LogP contribution is -2.48. The summed E-state index contributed by atoms with van der Waals surface area (Å²) in [6.07, 6.45) is 0. The van der Waals surface area contributed by atoms with E-state index in [1.165, 1.54) is 0 Å². The third kappa shape index (κ3) is 4.81. The average molecular weight is 411 g/mol. The number of nitrogens with one attached hydrogen (secondary N) is 1. The lowest BCUT2D eigenvalue weighted by atomic mass is 10.0. The van der Waals surface area contributed by atoms with Crippen LogP contribution in [0.15, 0.2) is 60.1 Å². The molecule has 9 heteroatoms. The van der Waals surface area contributed by atoms with Crippen molar-refractivity contribution in [2.75, 3.05) is 31.1 Å². The number of anilines is 1. The Labute approximate surface area is 174 Å². The van der Waals surface area contributed by atoms with Crippen LogP contribution in [-0.2, 0) is 9.59 Å². The molecule has 158 valence electrons. The molecule has 0 radical (unpaired) electrons. The number of carboxylic acids is 1. The topological polar surface area (TPSA) is 134 Å². The van der Waals surface area contributed by atoms with Crippen molar-refractivity contribution in [1.82, 2.24) is 10.3 Å². The second-order valence-electron chi connectivity index (χ2n) is 6.86. The molecule has 1 fully saturated rings. The van der Waals surface area contributed by atoms with Crippen LogP contribution in [0.25, 0.3) is 11.1 Å². The highest BCUT2D eigenvalue weighted by Crippen LogP contribution is 2.27. The summed E-state index contributed by atoms with van der Waals surface area (Å²) < 4.78 is 5.36. The summed E-state index contributed by atoms with van der Waals surface area (Å²) in [6.45, 7) is 4.63. The SMILES string of the molecule is CC(=O)N1CCN(c2cccc(-c3ccc(O/C(N)=C(/NN)C(=O)O)cc3)c2)CC1. The van der Waals surface area contributed by atoms with Crippen molar-refractivity contribution in [1.29, 1.82) is 0 Å². The van der Waals surface area contributed by atoms with Crippen molar-refractivity contribution < 1.29 is 19.4 Å². The van der Waals surface area contributed by atoms with Crippen LogP contribution < -0.4 is 26.6 Å². The molecule has 0 unspecified atom stereocenters. The van der Waals surface area contributed by atoms with E-state index in [4.69, 9.17) is 21.4 Å². The summed E-state index contributed by atoms with van der Waals surface area (Å²) in [5, 5.41) is 9.01. The number of hydrogen-bond donors (Lipinski definition) is 4. The fraction of sp³-hybridized carbons (Fsp3) is 0.238. The molecular formula is C21H25N5O4. The predicted molar refractivity (Wildman–Crippen MR) is 113 cm³/mol. The van der Waals surface area contributed by atoms with Gasteiger partial charge in [0.05, 0.1) is 0 Å². The van der Waals surface area contributed by atoms with Crippen LogP contribution in [0, 0.1) is 0 Å². The number of benzene rings is 2. The summed E-state index contributed by atoms with van der Waals surface area (Å²) in [5.41, 5.74) is 10.3. The lowest BCUT2D eigenvalue weighted by Gasteiger charge is -2.35. The van der Waals surface area contributed by atoms with Gasteiger partial charge in [0.1, 0.15) is 5.75 Å². The lowest BCUT2D eigenvalue weighted by molar-refractivity contribution is -0.133. The maximum absolute atomic E-state index is 11.5. The van der Waals surface area contributed by atoms with Crippen LogP contribution in [0.3, 0.4) is 0 Å². The van der Waals surface area contributed by atoms with Crippen LogP contribution in [0.5, 0.6) is 5.75 Å². The van der Waals surface area contributed by atoms with Crippen molar-refractivity contribution in [3.63, 3.8) is 0 Å². The van der Waals surface area contributed by atoms with Crippen molar-refractivity contribution in [2.24, 2.45) is 11.6 Å². The summed E-state index contributed by atoms with van der Waals surface area (Å²) in [4.78, 5) is 26.7. The van der Waals surface area contributed by atoms with E-state index in [1.807, 2.05) is 34.6 Å². The highest BCUT2D eigenvalue weighted by atomic mass is 16.5. The number of hydrazine groups is 1. The molecule has 1 saturated heterocycles. The Kier molecular flexibility index (Phi) is 6.43. The minimum absolute atomic E-state index is 0.110. The van der Waals surface area contributed by atoms with Crippen molar-refractivity contribution in [3.8, 4) is 16.9 Å². The minimum Gasteiger partial charge on any atom is -0.476 e. The molecule has 6 N–H and O–H groups in total. The van der Waals surface area contributed by atoms with Gasteiger partial charge in [0.25, 0.3) is 0 Å². The largest absolute Gasteiger partial charge is 0.476 e. The van der Waals surface area contributed by atoms with Crippen molar-refractivity contribution >= 4 is 17.6 Å². The molecule has 0 bridgehead atoms. The molecule has 0 aliphatic carbocycles. The van der Waals surface area contributed by atoms with Crippen LogP contribution in [0.4, 0.5) is 5.69 Å². The molecule has 2 aromatic rings. The molecule has 2 aromatic carbocycles. The maximum atomic E-state index is 11.5. The number of carboxylic acid groups (broad SMARTS) is 1. The molecule has 0 spiro atoms. The number of nitrogens with zero attached hydrogens (tertiary/aromatic N) is 2. The number of amides is 1. The first-order chi connectivity index (χ1) is 14.4. The van der Waals surface area contributed by atoms with Gasteiger partial charge in [-0.3, -0.25) is 10.6 Å².